The number of benzene rings is 2. The van der Waals surface area contributed by atoms with Crippen molar-refractivity contribution in [1.82, 2.24) is 20.9 Å². The first-order valence-corrected chi connectivity index (χ1v) is 15.5. The van der Waals surface area contributed by atoms with Crippen molar-refractivity contribution in [3.8, 4) is 0 Å². The van der Waals surface area contributed by atoms with Crippen molar-refractivity contribution in [2.45, 2.75) is 90.3 Å². The van der Waals surface area contributed by atoms with Crippen molar-refractivity contribution in [3.63, 3.8) is 0 Å². The Kier molecular flexibility index (Phi) is 12.6. The van der Waals surface area contributed by atoms with Gasteiger partial charge in [0.25, 0.3) is 0 Å². The van der Waals surface area contributed by atoms with Crippen molar-refractivity contribution in [1.29, 1.82) is 0 Å². The van der Waals surface area contributed by atoms with E-state index in [9.17, 15) is 19.5 Å². The summed E-state index contributed by atoms with van der Waals surface area (Å²) in [4.78, 5) is 41.8. The van der Waals surface area contributed by atoms with Crippen LogP contribution in [0.2, 0.25) is 0 Å². The van der Waals surface area contributed by atoms with Crippen molar-refractivity contribution in [3.05, 3.63) is 48.0 Å². The molecule has 4 N–H and O–H groups in total. The number of nitrogens with one attached hydrogen (secondary N) is 3. The molecule has 2 aromatic carbocycles. The molecule has 0 aromatic heterocycles. The van der Waals surface area contributed by atoms with Gasteiger partial charge < -0.3 is 26.0 Å². The summed E-state index contributed by atoms with van der Waals surface area (Å²) in [6, 6.07) is 13.6. The van der Waals surface area contributed by atoms with Crippen molar-refractivity contribution in [2.24, 2.45) is 11.8 Å². The Morgan fingerprint density at radius 1 is 1.00 bits per heavy atom. The summed E-state index contributed by atoms with van der Waals surface area (Å²) in [5, 5.41) is 22.0. The van der Waals surface area contributed by atoms with Gasteiger partial charge in [0.1, 0.15) is 5.54 Å². The lowest BCUT2D eigenvalue weighted by Crippen LogP contribution is -2.69. The minimum Gasteiger partial charge on any atom is -0.390 e. The summed E-state index contributed by atoms with van der Waals surface area (Å²) in [5.41, 5.74) is -0.493. The molecule has 0 saturated carbocycles. The summed E-state index contributed by atoms with van der Waals surface area (Å²) >= 11 is 0. The van der Waals surface area contributed by atoms with Crippen LogP contribution in [0.25, 0.3) is 10.8 Å². The van der Waals surface area contributed by atoms with Gasteiger partial charge in [-0.15, -0.1) is 0 Å². The largest absolute Gasteiger partial charge is 0.390 e. The second-order valence-electron chi connectivity index (χ2n) is 11.5. The molecule has 3 atom stereocenters. The van der Waals surface area contributed by atoms with Crippen LogP contribution in [0.5, 0.6) is 0 Å². The van der Waals surface area contributed by atoms with Gasteiger partial charge in [-0.3, -0.25) is 14.4 Å². The maximum atomic E-state index is 14.2. The lowest BCUT2D eigenvalue weighted by Gasteiger charge is -2.42. The topological polar surface area (TPSA) is 111 Å². The van der Waals surface area contributed by atoms with Crippen molar-refractivity contribution < 1.29 is 19.5 Å². The highest BCUT2D eigenvalue weighted by Crippen LogP contribution is 2.33. The summed E-state index contributed by atoms with van der Waals surface area (Å²) < 4.78 is 0. The summed E-state index contributed by atoms with van der Waals surface area (Å²) in [7, 11) is 0. The number of amides is 3. The van der Waals surface area contributed by atoms with E-state index in [-0.39, 0.29) is 30.7 Å². The fraction of sp³-hybridized carbons (Fsp3) is 0.606. The highest BCUT2D eigenvalue weighted by atomic mass is 16.3. The summed E-state index contributed by atoms with van der Waals surface area (Å²) in [5.74, 6) is 0.0675. The van der Waals surface area contributed by atoms with E-state index in [1.165, 1.54) is 0 Å². The summed E-state index contributed by atoms with van der Waals surface area (Å²) in [6.45, 7) is 10.1. The molecule has 0 spiro atoms. The molecule has 8 nitrogen and oxygen atoms in total. The average Bonchev–Trinajstić information content (AvgIpc) is 3.49. The van der Waals surface area contributed by atoms with Gasteiger partial charge >= 0.3 is 0 Å². The Morgan fingerprint density at radius 3 is 2.37 bits per heavy atom. The minimum absolute atomic E-state index is 0.0338. The zero-order valence-electron chi connectivity index (χ0n) is 25.3. The molecule has 1 aliphatic rings. The third-order valence-electron chi connectivity index (χ3n) is 8.92. The lowest BCUT2D eigenvalue weighted by atomic mass is 9.80. The second kappa shape index (κ2) is 15.9. The van der Waals surface area contributed by atoms with Crippen LogP contribution in [0, 0.1) is 11.8 Å². The molecule has 1 aliphatic heterocycles. The Hall–Kier alpha value is -2.97. The van der Waals surface area contributed by atoms with E-state index in [4.69, 9.17) is 0 Å². The van der Waals surface area contributed by atoms with Gasteiger partial charge in [0.05, 0.1) is 12.1 Å². The predicted octanol–water partition coefficient (Wildman–Crippen LogP) is 3.80. The number of nitrogens with zero attached hydrogens (tertiary/aromatic N) is 1. The first-order chi connectivity index (χ1) is 19.8. The van der Waals surface area contributed by atoms with E-state index in [0.717, 1.165) is 55.0 Å². The normalized spacial score (nSPS) is 17.5. The highest BCUT2D eigenvalue weighted by Gasteiger charge is 2.51. The van der Waals surface area contributed by atoms with Crippen LogP contribution in [0.4, 0.5) is 0 Å². The van der Waals surface area contributed by atoms with Crippen LogP contribution in [-0.2, 0) is 20.8 Å². The maximum Gasteiger partial charge on any atom is 0.248 e. The van der Waals surface area contributed by atoms with Crippen molar-refractivity contribution in [2.75, 3.05) is 26.2 Å². The molecule has 226 valence electrons. The number of hydrogen-bond donors (Lipinski definition) is 4. The molecular formula is C33H50N4O4. The van der Waals surface area contributed by atoms with E-state index >= 15 is 0 Å². The quantitative estimate of drug-likeness (QED) is 0.218. The van der Waals surface area contributed by atoms with Crippen LogP contribution in [0.3, 0.4) is 0 Å². The maximum absolute atomic E-state index is 14.2. The first kappa shape index (κ1) is 32.5. The smallest absolute Gasteiger partial charge is 0.248 e. The monoisotopic (exact) mass is 566 g/mol. The predicted molar refractivity (Wildman–Crippen MR) is 164 cm³/mol. The molecule has 1 fully saturated rings. The van der Waals surface area contributed by atoms with Crippen LogP contribution in [0.15, 0.2) is 42.5 Å². The van der Waals surface area contributed by atoms with Gasteiger partial charge in [0.15, 0.2) is 0 Å². The molecular weight excluding hydrogens is 516 g/mol. The number of fused-ring (bicyclic) bond motifs is 1. The number of aliphatic hydroxyl groups excluding tert-OH is 1. The average molecular weight is 567 g/mol. The molecule has 1 saturated heterocycles. The number of rotatable bonds is 17. The molecule has 8 heteroatoms. The molecule has 0 radical (unpaired) electrons. The van der Waals surface area contributed by atoms with Gasteiger partial charge in [-0.2, -0.15) is 0 Å². The number of carbonyl (C=O) groups is 3. The van der Waals surface area contributed by atoms with E-state index in [0.29, 0.717) is 31.8 Å². The molecule has 0 bridgehead atoms. The van der Waals surface area contributed by atoms with Gasteiger partial charge in [-0.25, -0.2) is 0 Å². The Balaban J connectivity index is 1.90. The van der Waals surface area contributed by atoms with Crippen LogP contribution in [0.1, 0.15) is 71.8 Å². The second-order valence-corrected chi connectivity index (χ2v) is 11.5. The van der Waals surface area contributed by atoms with Gasteiger partial charge in [-0.05, 0) is 54.5 Å². The number of hydrogen-bond acceptors (Lipinski definition) is 5. The molecule has 2 unspecified atom stereocenters. The zero-order chi connectivity index (χ0) is 29.8. The van der Waals surface area contributed by atoms with Gasteiger partial charge in [-0.1, -0.05) is 83.0 Å². The molecule has 3 amide bonds. The highest BCUT2D eigenvalue weighted by molar-refractivity contribution is 5.91. The lowest BCUT2D eigenvalue weighted by molar-refractivity contribution is -0.142. The minimum atomic E-state index is -1.38. The third kappa shape index (κ3) is 8.07. The van der Waals surface area contributed by atoms with E-state index in [1.807, 2.05) is 61.2 Å². The zero-order valence-corrected chi connectivity index (χ0v) is 25.3. The molecule has 3 rings (SSSR count). The third-order valence-corrected chi connectivity index (χ3v) is 8.92. The molecule has 2 aromatic rings. The molecule has 41 heavy (non-hydrogen) atoms. The van der Waals surface area contributed by atoms with E-state index < -0.39 is 17.7 Å². The van der Waals surface area contributed by atoms with Crippen molar-refractivity contribution >= 4 is 29.0 Å². The number of aliphatic hydroxyl groups is 1. The van der Waals surface area contributed by atoms with E-state index in [2.05, 4.69) is 29.8 Å². The van der Waals surface area contributed by atoms with Crippen LogP contribution in [-0.4, -0.2) is 72.1 Å². The SMILES string of the molecule is CCC(CC)CNC[C@H](O)CNC(=O)C(Cc1ccc2ccccc2c1)(NC=O)C1CCCN1C(=O)C(CC)CC. The van der Waals surface area contributed by atoms with Crippen LogP contribution >= 0.6 is 0 Å². The summed E-state index contributed by atoms with van der Waals surface area (Å²) in [6.07, 6.45) is 4.96. The Morgan fingerprint density at radius 2 is 1.71 bits per heavy atom. The molecule has 0 aliphatic carbocycles. The van der Waals surface area contributed by atoms with E-state index in [1.54, 1.807) is 0 Å². The van der Waals surface area contributed by atoms with Gasteiger partial charge in [0.2, 0.25) is 18.2 Å². The standard InChI is InChI=1S/C33H50N4O4/c1-5-24(6-2)20-34-21-29(39)22-35-32(41)33(36-23-38,19-25-15-16-27-12-9-10-13-28(27)18-25)30-14-11-17-37(30)31(40)26(7-3)8-4/h9-10,12-13,15-16,18,23-24,26,29-30,34,39H,5-8,11,14,17,19-22H2,1-4H3,(H,35,41)(H,36,38)/t29-,30?,33?/m0/s1. The fourth-order valence-electron chi connectivity index (χ4n) is 6.23. The van der Waals surface area contributed by atoms with Crippen LogP contribution < -0.4 is 16.0 Å². The Labute approximate surface area is 245 Å². The molecule has 1 heterocycles. The first-order valence-electron chi connectivity index (χ1n) is 15.5. The number of carbonyl (C=O) groups excluding carboxylic acids is 3. The Bertz CT molecular complexity index is 1130. The van der Waals surface area contributed by atoms with Gasteiger partial charge in [0, 0.05) is 32.0 Å². The fourth-order valence-corrected chi connectivity index (χ4v) is 6.23. The number of likely N-dealkylation sites (tertiary alicyclic amines) is 1.